The van der Waals surface area contributed by atoms with Crippen molar-refractivity contribution in [2.45, 2.75) is 51.3 Å². The number of hydrogen-bond donors (Lipinski definition) is 1. The summed E-state index contributed by atoms with van der Waals surface area (Å²) in [5, 5.41) is 12.6. The molecule has 2 heterocycles. The first-order chi connectivity index (χ1) is 17.3. The number of halogens is 1. The molecule has 0 aliphatic heterocycles. The molecule has 0 saturated carbocycles. The lowest BCUT2D eigenvalue weighted by molar-refractivity contribution is -0.113. The van der Waals surface area contributed by atoms with E-state index in [1.807, 2.05) is 42.8 Å². The molecule has 1 aliphatic carbocycles. The van der Waals surface area contributed by atoms with Crippen LogP contribution < -0.4 is 10.1 Å². The van der Waals surface area contributed by atoms with E-state index in [2.05, 4.69) is 38.4 Å². The summed E-state index contributed by atoms with van der Waals surface area (Å²) >= 11 is 6.19. The molecule has 1 N–H and O–H groups in total. The second-order valence-corrected chi connectivity index (χ2v) is 11.7. The lowest BCUT2D eigenvalue weighted by Crippen LogP contribution is -2.18. The average molecular weight is 594 g/mol. The van der Waals surface area contributed by atoms with Gasteiger partial charge in [0.05, 0.1) is 17.9 Å². The van der Waals surface area contributed by atoms with Crippen molar-refractivity contribution in [2.75, 3.05) is 17.7 Å². The first-order valence-electron chi connectivity index (χ1n) is 11.8. The first-order valence-corrected chi connectivity index (χ1v) is 14.4. The zero-order valence-corrected chi connectivity index (χ0v) is 23.9. The van der Waals surface area contributed by atoms with Crippen LogP contribution in [0.3, 0.4) is 0 Å². The minimum absolute atomic E-state index is 0.134. The highest BCUT2D eigenvalue weighted by atomic mass is 79.9. The van der Waals surface area contributed by atoms with E-state index in [1.165, 1.54) is 23.1 Å². The van der Waals surface area contributed by atoms with Gasteiger partial charge in [-0.1, -0.05) is 34.6 Å². The molecular formula is C25H29BrN4O4S2. The topological polar surface area (TPSA) is 95.3 Å². The molecule has 36 heavy (non-hydrogen) atoms. The van der Waals surface area contributed by atoms with Crippen molar-refractivity contribution in [3.8, 4) is 5.75 Å². The molecule has 192 valence electrons. The number of carbonyl (C=O) groups excluding carboxylic acids is 2. The van der Waals surface area contributed by atoms with Crippen molar-refractivity contribution >= 4 is 55.9 Å². The number of hydrogen-bond acceptors (Lipinski definition) is 8. The van der Waals surface area contributed by atoms with Gasteiger partial charge in [-0.05, 0) is 68.9 Å². The Morgan fingerprint density at radius 1 is 1.31 bits per heavy atom. The van der Waals surface area contributed by atoms with Crippen LogP contribution in [0.4, 0.5) is 5.00 Å². The molecule has 2 aromatic heterocycles. The summed E-state index contributed by atoms with van der Waals surface area (Å²) in [7, 11) is 1.85. The summed E-state index contributed by atoms with van der Waals surface area (Å²) in [6, 6.07) is 7.59. The zero-order valence-electron chi connectivity index (χ0n) is 20.7. The maximum absolute atomic E-state index is 12.9. The number of anilines is 1. The van der Waals surface area contributed by atoms with Crippen molar-refractivity contribution in [3.05, 3.63) is 50.6 Å². The molecule has 0 bridgehead atoms. The predicted octanol–water partition coefficient (Wildman–Crippen LogP) is 5.81. The third kappa shape index (κ3) is 6.12. The van der Waals surface area contributed by atoms with Crippen LogP contribution in [-0.2, 0) is 29.4 Å². The molecule has 11 heteroatoms. The minimum Gasteiger partial charge on any atom is -0.483 e. The largest absolute Gasteiger partial charge is 0.483 e. The second-order valence-electron chi connectivity index (χ2n) is 8.73. The van der Waals surface area contributed by atoms with E-state index in [0.29, 0.717) is 34.1 Å². The number of carbonyl (C=O) groups is 2. The van der Waals surface area contributed by atoms with E-state index in [-0.39, 0.29) is 23.7 Å². The van der Waals surface area contributed by atoms with Crippen LogP contribution in [0.5, 0.6) is 5.75 Å². The number of fused-ring (bicyclic) bond motifs is 1. The maximum atomic E-state index is 12.9. The molecule has 4 rings (SSSR count). The summed E-state index contributed by atoms with van der Waals surface area (Å²) in [5.74, 6) is 1.50. The van der Waals surface area contributed by atoms with Gasteiger partial charge in [0.1, 0.15) is 10.8 Å². The van der Waals surface area contributed by atoms with Crippen molar-refractivity contribution in [1.82, 2.24) is 14.8 Å². The Hall–Kier alpha value is -2.37. The van der Waals surface area contributed by atoms with E-state index >= 15 is 0 Å². The van der Waals surface area contributed by atoms with Gasteiger partial charge in [0, 0.05) is 16.4 Å². The quantitative estimate of drug-likeness (QED) is 0.247. The number of thioether (sulfide) groups is 1. The normalized spacial score (nSPS) is 15.8. The molecule has 0 radical (unpaired) electrons. The molecule has 1 aromatic carbocycles. The molecular weight excluding hydrogens is 564 g/mol. The van der Waals surface area contributed by atoms with Gasteiger partial charge in [0.25, 0.3) is 0 Å². The third-order valence-corrected chi connectivity index (χ3v) is 8.65. The summed E-state index contributed by atoms with van der Waals surface area (Å²) in [6.07, 6.45) is 2.45. The molecule has 8 nitrogen and oxygen atoms in total. The summed E-state index contributed by atoms with van der Waals surface area (Å²) < 4.78 is 14.1. The summed E-state index contributed by atoms with van der Waals surface area (Å²) in [4.78, 5) is 26.7. The fourth-order valence-corrected chi connectivity index (χ4v) is 6.52. The Labute approximate surface area is 227 Å². The molecule has 0 spiro atoms. The number of nitrogens with zero attached hydrogens (tertiary/aromatic N) is 3. The number of rotatable bonds is 9. The first kappa shape index (κ1) is 26.7. The number of nitrogens with one attached hydrogen (secondary N) is 1. The van der Waals surface area contributed by atoms with Crippen LogP contribution in [0, 0.1) is 5.92 Å². The molecule has 3 aromatic rings. The third-order valence-electron chi connectivity index (χ3n) is 5.94. The standard InChI is InChI=1S/C25H29BrN4O4S2/c1-5-33-24(32)21-18-11-6-14(2)12-19(18)36-23(21)27-20(31)13-35-25-29-28-22(30(25)4)15(3)34-17-9-7-16(26)8-10-17/h7-10,14-15H,5-6,11-13H2,1-4H3,(H,27,31). The highest BCUT2D eigenvalue weighted by molar-refractivity contribution is 9.10. The molecule has 0 fully saturated rings. The van der Waals surface area contributed by atoms with Crippen molar-refractivity contribution < 1.29 is 19.1 Å². The van der Waals surface area contributed by atoms with Crippen LogP contribution in [0.15, 0.2) is 33.9 Å². The maximum Gasteiger partial charge on any atom is 0.341 e. The predicted molar refractivity (Wildman–Crippen MR) is 145 cm³/mol. The fraction of sp³-hybridized carbons (Fsp3) is 0.440. The Balaban J connectivity index is 1.41. The van der Waals surface area contributed by atoms with Crippen LogP contribution in [-0.4, -0.2) is 39.0 Å². The van der Waals surface area contributed by atoms with E-state index in [4.69, 9.17) is 9.47 Å². The number of amides is 1. The number of benzene rings is 1. The monoisotopic (exact) mass is 592 g/mol. The smallest absolute Gasteiger partial charge is 0.341 e. The van der Waals surface area contributed by atoms with Crippen LogP contribution in [0.1, 0.15) is 59.9 Å². The Morgan fingerprint density at radius 2 is 2.06 bits per heavy atom. The van der Waals surface area contributed by atoms with Crippen molar-refractivity contribution in [1.29, 1.82) is 0 Å². The number of aromatic nitrogens is 3. The van der Waals surface area contributed by atoms with Gasteiger partial charge < -0.3 is 19.4 Å². The summed E-state index contributed by atoms with van der Waals surface area (Å²) in [6.45, 7) is 6.19. The lowest BCUT2D eigenvalue weighted by Gasteiger charge is -2.18. The Bertz CT molecular complexity index is 1240. The molecule has 2 atom stereocenters. The van der Waals surface area contributed by atoms with Crippen LogP contribution >= 0.6 is 39.0 Å². The van der Waals surface area contributed by atoms with Crippen LogP contribution in [0.2, 0.25) is 0 Å². The van der Waals surface area contributed by atoms with Gasteiger partial charge >= 0.3 is 5.97 Å². The van der Waals surface area contributed by atoms with Crippen LogP contribution in [0.25, 0.3) is 0 Å². The fourth-order valence-electron chi connectivity index (χ4n) is 4.13. The van der Waals surface area contributed by atoms with E-state index in [1.54, 1.807) is 6.92 Å². The number of esters is 1. The second kappa shape index (κ2) is 11.8. The number of ether oxygens (including phenoxy) is 2. The van der Waals surface area contributed by atoms with Gasteiger partial charge in [0.2, 0.25) is 5.91 Å². The zero-order chi connectivity index (χ0) is 25.8. The molecule has 0 saturated heterocycles. The van der Waals surface area contributed by atoms with Crippen molar-refractivity contribution in [3.63, 3.8) is 0 Å². The number of thiophene rings is 1. The average Bonchev–Trinajstić information content (AvgIpc) is 3.38. The van der Waals surface area contributed by atoms with Crippen molar-refractivity contribution in [2.24, 2.45) is 13.0 Å². The minimum atomic E-state index is -0.370. The lowest BCUT2D eigenvalue weighted by atomic mass is 9.88. The van der Waals surface area contributed by atoms with Gasteiger partial charge in [-0.2, -0.15) is 0 Å². The molecule has 1 amide bonds. The molecule has 2 unspecified atom stereocenters. The van der Waals surface area contributed by atoms with Gasteiger partial charge in [-0.25, -0.2) is 4.79 Å². The Kier molecular flexibility index (Phi) is 8.74. The van der Waals surface area contributed by atoms with E-state index in [9.17, 15) is 9.59 Å². The Morgan fingerprint density at radius 3 is 2.78 bits per heavy atom. The van der Waals surface area contributed by atoms with Gasteiger partial charge in [-0.3, -0.25) is 4.79 Å². The summed E-state index contributed by atoms with van der Waals surface area (Å²) in [5.41, 5.74) is 1.54. The van der Waals surface area contributed by atoms with E-state index < -0.39 is 0 Å². The van der Waals surface area contributed by atoms with Gasteiger partial charge in [0.15, 0.2) is 17.1 Å². The molecule has 1 aliphatic rings. The highest BCUT2D eigenvalue weighted by Crippen LogP contribution is 2.40. The highest BCUT2D eigenvalue weighted by Gasteiger charge is 2.29. The SMILES string of the molecule is CCOC(=O)c1c(NC(=O)CSc2nnc(C(C)Oc3ccc(Br)cc3)n2C)sc2c1CCC(C)C2. The van der Waals surface area contributed by atoms with Gasteiger partial charge in [-0.15, -0.1) is 21.5 Å². The van der Waals surface area contributed by atoms with E-state index in [0.717, 1.165) is 39.9 Å².